The van der Waals surface area contributed by atoms with E-state index in [1.54, 1.807) is 19.4 Å². The summed E-state index contributed by atoms with van der Waals surface area (Å²) in [6.45, 7) is 1.78. The molecule has 8 nitrogen and oxygen atoms in total. The van der Waals surface area contributed by atoms with Crippen LogP contribution < -0.4 is 5.43 Å². The van der Waals surface area contributed by atoms with Gasteiger partial charge in [0.1, 0.15) is 0 Å². The minimum absolute atomic E-state index is 0.0702. The fraction of sp³-hybridized carbons (Fsp3) is 0.0556. The smallest absolute Gasteiger partial charge is 0.271 e. The Hall–Kier alpha value is -3.81. The molecule has 0 aliphatic heterocycles. The lowest BCUT2D eigenvalue weighted by molar-refractivity contribution is -0.384. The van der Waals surface area contributed by atoms with Gasteiger partial charge in [-0.25, -0.2) is 10.4 Å². The molecular weight excluding hydrogens is 334 g/mol. The number of hydrogen-bond acceptors (Lipinski definition) is 5. The van der Waals surface area contributed by atoms with E-state index in [2.05, 4.69) is 15.5 Å². The van der Waals surface area contributed by atoms with Crippen LogP contribution in [0.4, 0.5) is 5.69 Å². The molecule has 0 atom stereocenters. The van der Waals surface area contributed by atoms with Crippen molar-refractivity contribution < 1.29 is 9.72 Å². The van der Waals surface area contributed by atoms with Crippen molar-refractivity contribution >= 4 is 17.3 Å². The lowest BCUT2D eigenvalue weighted by atomic mass is 10.1. The Morgan fingerprint density at radius 3 is 2.35 bits per heavy atom. The molecule has 0 unspecified atom stereocenters. The second-order valence-electron chi connectivity index (χ2n) is 5.46. The van der Waals surface area contributed by atoms with Crippen LogP contribution in [0.3, 0.4) is 0 Å². The highest BCUT2D eigenvalue weighted by Gasteiger charge is 2.09. The third-order valence-corrected chi connectivity index (χ3v) is 3.75. The van der Waals surface area contributed by atoms with E-state index in [1.807, 2.05) is 35.0 Å². The number of rotatable bonds is 5. The van der Waals surface area contributed by atoms with E-state index in [0.29, 0.717) is 11.3 Å². The molecule has 1 amide bonds. The molecule has 1 heterocycles. The number of hydrazone groups is 1. The van der Waals surface area contributed by atoms with Gasteiger partial charge >= 0.3 is 0 Å². The number of nitro benzene ring substituents is 1. The number of aromatic nitrogens is 2. The first-order valence-corrected chi connectivity index (χ1v) is 7.72. The summed E-state index contributed by atoms with van der Waals surface area (Å²) in [4.78, 5) is 26.2. The normalized spacial score (nSPS) is 11.2. The molecule has 130 valence electrons. The highest BCUT2D eigenvalue weighted by molar-refractivity contribution is 6.01. The maximum atomic E-state index is 12.1. The molecule has 0 saturated heterocycles. The van der Waals surface area contributed by atoms with Crippen LogP contribution in [0.15, 0.2) is 72.4 Å². The van der Waals surface area contributed by atoms with Gasteiger partial charge in [-0.05, 0) is 36.8 Å². The average molecular weight is 349 g/mol. The fourth-order valence-electron chi connectivity index (χ4n) is 2.28. The van der Waals surface area contributed by atoms with Crippen molar-refractivity contribution in [1.82, 2.24) is 15.0 Å². The van der Waals surface area contributed by atoms with Gasteiger partial charge in [0.05, 0.1) is 17.0 Å². The Morgan fingerprint density at radius 1 is 1.12 bits per heavy atom. The zero-order valence-electron chi connectivity index (χ0n) is 13.9. The van der Waals surface area contributed by atoms with Crippen LogP contribution in [-0.4, -0.2) is 26.1 Å². The molecule has 3 rings (SSSR count). The summed E-state index contributed by atoms with van der Waals surface area (Å²) in [7, 11) is 0. The third-order valence-electron chi connectivity index (χ3n) is 3.75. The molecule has 0 saturated carbocycles. The Balaban J connectivity index is 1.67. The summed E-state index contributed by atoms with van der Waals surface area (Å²) in [5, 5.41) is 14.7. The first kappa shape index (κ1) is 17.0. The van der Waals surface area contributed by atoms with E-state index < -0.39 is 10.8 Å². The fourth-order valence-corrected chi connectivity index (χ4v) is 2.28. The van der Waals surface area contributed by atoms with Gasteiger partial charge in [0.25, 0.3) is 11.6 Å². The maximum absolute atomic E-state index is 12.1. The molecule has 3 aromatic rings. The van der Waals surface area contributed by atoms with Crippen molar-refractivity contribution in [1.29, 1.82) is 0 Å². The van der Waals surface area contributed by atoms with Crippen molar-refractivity contribution in [2.75, 3.05) is 0 Å². The summed E-state index contributed by atoms with van der Waals surface area (Å²) >= 11 is 0. The second kappa shape index (κ2) is 7.39. The molecule has 1 N–H and O–H groups in total. The summed E-state index contributed by atoms with van der Waals surface area (Å²) in [6.07, 6.45) is 5.26. The highest BCUT2D eigenvalue weighted by atomic mass is 16.6. The quantitative estimate of drug-likeness (QED) is 0.434. The van der Waals surface area contributed by atoms with Crippen LogP contribution in [-0.2, 0) is 0 Å². The van der Waals surface area contributed by atoms with Gasteiger partial charge in [-0.1, -0.05) is 12.1 Å². The predicted molar refractivity (Wildman–Crippen MR) is 96.3 cm³/mol. The van der Waals surface area contributed by atoms with Gasteiger partial charge in [0.2, 0.25) is 0 Å². The topological polar surface area (TPSA) is 102 Å². The van der Waals surface area contributed by atoms with Crippen LogP contribution in [0, 0.1) is 10.1 Å². The Kier molecular flexibility index (Phi) is 4.84. The Labute approximate surface area is 149 Å². The third kappa shape index (κ3) is 3.81. The second-order valence-corrected chi connectivity index (χ2v) is 5.46. The van der Waals surface area contributed by atoms with E-state index >= 15 is 0 Å². The standard InChI is InChI=1S/C18H15N5O3/c1-13(14-2-6-16(7-3-14)22-11-10-19-12-22)20-21-18(24)15-4-8-17(9-5-15)23(25)26/h2-12H,1H3,(H,21,24)/b20-13-. The first-order valence-electron chi connectivity index (χ1n) is 7.72. The lowest BCUT2D eigenvalue weighted by Crippen LogP contribution is -2.19. The average Bonchev–Trinajstić information content (AvgIpc) is 3.21. The molecule has 1 aromatic heterocycles. The van der Waals surface area contributed by atoms with Crippen molar-refractivity contribution in [2.24, 2.45) is 5.10 Å². The number of non-ortho nitro benzene ring substituents is 1. The Bertz CT molecular complexity index is 946. The molecule has 0 spiro atoms. The van der Waals surface area contributed by atoms with E-state index in [4.69, 9.17) is 0 Å². The predicted octanol–water partition coefficient (Wildman–Crippen LogP) is 2.93. The number of hydrogen-bond donors (Lipinski definition) is 1. The number of carbonyl (C=O) groups is 1. The summed E-state index contributed by atoms with van der Waals surface area (Å²) in [5.41, 5.74) is 5.14. The van der Waals surface area contributed by atoms with Crippen LogP contribution in [0.1, 0.15) is 22.8 Å². The number of carbonyl (C=O) groups excluding carboxylic acids is 1. The number of nitrogens with one attached hydrogen (secondary N) is 1. The Morgan fingerprint density at radius 2 is 1.77 bits per heavy atom. The SMILES string of the molecule is C/C(=N/NC(=O)c1ccc([N+](=O)[O-])cc1)c1ccc(-n2ccnc2)cc1. The van der Waals surface area contributed by atoms with E-state index in [0.717, 1.165) is 11.3 Å². The van der Waals surface area contributed by atoms with Gasteiger partial charge < -0.3 is 4.57 Å². The molecule has 0 fully saturated rings. The maximum Gasteiger partial charge on any atom is 0.271 e. The van der Waals surface area contributed by atoms with Gasteiger partial charge in [-0.2, -0.15) is 5.10 Å². The lowest BCUT2D eigenvalue weighted by Gasteiger charge is -2.05. The van der Waals surface area contributed by atoms with Crippen molar-refractivity contribution in [3.05, 3.63) is 88.5 Å². The van der Waals surface area contributed by atoms with Crippen LogP contribution in [0.5, 0.6) is 0 Å². The summed E-state index contributed by atoms with van der Waals surface area (Å²) in [6, 6.07) is 13.0. The van der Waals surface area contributed by atoms with Gasteiger partial charge in [0, 0.05) is 35.8 Å². The van der Waals surface area contributed by atoms with Crippen LogP contribution >= 0.6 is 0 Å². The molecule has 2 aromatic carbocycles. The zero-order chi connectivity index (χ0) is 18.5. The summed E-state index contributed by atoms with van der Waals surface area (Å²) in [5.74, 6) is -0.436. The van der Waals surface area contributed by atoms with Crippen molar-refractivity contribution in [3.63, 3.8) is 0 Å². The number of nitro groups is 1. The van der Waals surface area contributed by atoms with Crippen molar-refractivity contribution in [3.8, 4) is 5.69 Å². The van der Waals surface area contributed by atoms with Gasteiger partial charge in [-0.3, -0.25) is 14.9 Å². The number of imidazole rings is 1. The molecule has 0 aliphatic rings. The molecule has 0 aliphatic carbocycles. The first-order chi connectivity index (χ1) is 12.5. The van der Waals surface area contributed by atoms with Crippen LogP contribution in [0.2, 0.25) is 0 Å². The molecular formula is C18H15N5O3. The summed E-state index contributed by atoms with van der Waals surface area (Å²) < 4.78 is 1.88. The molecule has 0 radical (unpaired) electrons. The van der Waals surface area contributed by atoms with E-state index in [9.17, 15) is 14.9 Å². The molecule has 0 bridgehead atoms. The number of amides is 1. The minimum Gasteiger partial charge on any atom is -0.306 e. The largest absolute Gasteiger partial charge is 0.306 e. The zero-order valence-corrected chi connectivity index (χ0v) is 13.9. The van der Waals surface area contributed by atoms with Gasteiger partial charge in [0.15, 0.2) is 0 Å². The number of nitrogens with zero attached hydrogens (tertiary/aromatic N) is 4. The highest BCUT2D eigenvalue weighted by Crippen LogP contribution is 2.12. The van der Waals surface area contributed by atoms with E-state index in [-0.39, 0.29) is 5.69 Å². The molecule has 8 heteroatoms. The number of benzene rings is 2. The van der Waals surface area contributed by atoms with Crippen molar-refractivity contribution in [2.45, 2.75) is 6.92 Å². The van der Waals surface area contributed by atoms with E-state index in [1.165, 1.54) is 24.3 Å². The minimum atomic E-state index is -0.516. The monoisotopic (exact) mass is 349 g/mol. The van der Waals surface area contributed by atoms with Crippen LogP contribution in [0.25, 0.3) is 5.69 Å². The van der Waals surface area contributed by atoms with Gasteiger partial charge in [-0.15, -0.1) is 0 Å². The molecule has 26 heavy (non-hydrogen) atoms.